The lowest BCUT2D eigenvalue weighted by molar-refractivity contribution is 0.480. The summed E-state index contributed by atoms with van der Waals surface area (Å²) >= 11 is 1.97. The number of hydrogen-bond acceptors (Lipinski definition) is 2. The summed E-state index contributed by atoms with van der Waals surface area (Å²) in [5, 5.41) is 3.70. The summed E-state index contributed by atoms with van der Waals surface area (Å²) in [4.78, 5) is 3.00. The molecule has 0 amide bonds. The van der Waals surface area contributed by atoms with Crippen molar-refractivity contribution in [3.63, 3.8) is 0 Å². The summed E-state index contributed by atoms with van der Waals surface area (Å²) in [5.74, 6) is 0. The van der Waals surface area contributed by atoms with E-state index in [1.54, 1.807) is 0 Å². The third-order valence-corrected chi connectivity index (χ3v) is 4.53. The van der Waals surface area contributed by atoms with E-state index < -0.39 is 0 Å². The quantitative estimate of drug-likeness (QED) is 0.644. The second kappa shape index (κ2) is 7.88. The first-order valence-corrected chi connectivity index (χ1v) is 7.81. The summed E-state index contributed by atoms with van der Waals surface area (Å²) < 4.78 is 0. The molecule has 0 saturated heterocycles. The van der Waals surface area contributed by atoms with Crippen LogP contribution in [0.4, 0.5) is 0 Å². The number of aryl methyl sites for hydroxylation is 2. The van der Waals surface area contributed by atoms with Gasteiger partial charge in [0.1, 0.15) is 0 Å². The van der Waals surface area contributed by atoms with Crippen molar-refractivity contribution in [3.05, 3.63) is 21.4 Å². The zero-order valence-corrected chi connectivity index (χ0v) is 12.6. The Morgan fingerprint density at radius 3 is 2.47 bits per heavy atom. The first kappa shape index (κ1) is 14.7. The van der Waals surface area contributed by atoms with Crippen LogP contribution in [0.25, 0.3) is 0 Å². The zero-order chi connectivity index (χ0) is 12.7. The lowest BCUT2D eigenvalue weighted by Gasteiger charge is -2.16. The van der Waals surface area contributed by atoms with Crippen LogP contribution < -0.4 is 5.32 Å². The van der Waals surface area contributed by atoms with E-state index in [0.717, 1.165) is 6.54 Å². The molecule has 1 rings (SSSR count). The fourth-order valence-corrected chi connectivity index (χ4v) is 3.19. The molecule has 0 radical (unpaired) electrons. The Morgan fingerprint density at radius 1 is 1.18 bits per heavy atom. The molecule has 2 heteroatoms. The van der Waals surface area contributed by atoms with Crippen molar-refractivity contribution in [1.29, 1.82) is 0 Å². The minimum absolute atomic E-state index is 0.582. The molecule has 0 fully saturated rings. The Kier molecular flexibility index (Phi) is 6.83. The van der Waals surface area contributed by atoms with Crippen molar-refractivity contribution in [1.82, 2.24) is 5.32 Å². The van der Waals surface area contributed by atoms with Gasteiger partial charge in [-0.1, -0.05) is 33.1 Å². The lowest BCUT2D eigenvalue weighted by atomic mass is 10.1. The van der Waals surface area contributed by atoms with Crippen molar-refractivity contribution >= 4 is 11.3 Å². The van der Waals surface area contributed by atoms with Crippen LogP contribution in [0.3, 0.4) is 0 Å². The van der Waals surface area contributed by atoms with E-state index >= 15 is 0 Å². The van der Waals surface area contributed by atoms with E-state index in [-0.39, 0.29) is 0 Å². The molecular formula is C15H27NS. The van der Waals surface area contributed by atoms with E-state index in [4.69, 9.17) is 0 Å². The van der Waals surface area contributed by atoms with Crippen LogP contribution in [0.2, 0.25) is 0 Å². The van der Waals surface area contributed by atoms with Crippen LogP contribution in [0.1, 0.15) is 67.3 Å². The maximum atomic E-state index is 3.70. The summed E-state index contributed by atoms with van der Waals surface area (Å²) in [6, 6.07) is 2.96. The number of rotatable bonds is 8. The molecular weight excluding hydrogens is 226 g/mol. The van der Waals surface area contributed by atoms with E-state index in [1.165, 1.54) is 47.4 Å². The largest absolute Gasteiger partial charge is 0.309 e. The predicted octanol–water partition coefficient (Wildman–Crippen LogP) is 4.99. The molecule has 0 spiro atoms. The topological polar surface area (TPSA) is 12.0 Å². The van der Waals surface area contributed by atoms with Gasteiger partial charge in [0.25, 0.3) is 0 Å². The highest BCUT2D eigenvalue weighted by atomic mass is 32.1. The molecule has 1 unspecified atom stereocenters. The molecule has 1 aromatic heterocycles. The molecule has 0 bridgehead atoms. The fraction of sp³-hybridized carbons (Fsp3) is 0.733. The number of thiophene rings is 1. The average molecular weight is 253 g/mol. The third kappa shape index (κ3) is 4.81. The monoisotopic (exact) mass is 253 g/mol. The summed E-state index contributed by atoms with van der Waals surface area (Å²) in [6.07, 6.45) is 6.51. The molecule has 1 heterocycles. The molecule has 0 aromatic carbocycles. The Labute approximate surface area is 111 Å². The Balaban J connectivity index is 2.60. The lowest BCUT2D eigenvalue weighted by Crippen LogP contribution is -2.21. The molecule has 1 nitrogen and oxygen atoms in total. The molecule has 0 aliphatic heterocycles. The van der Waals surface area contributed by atoms with E-state index in [2.05, 4.69) is 39.1 Å². The third-order valence-electron chi connectivity index (χ3n) is 3.27. The number of hydrogen-bond donors (Lipinski definition) is 1. The van der Waals surface area contributed by atoms with Gasteiger partial charge in [-0.25, -0.2) is 0 Å². The van der Waals surface area contributed by atoms with Crippen LogP contribution in [0.5, 0.6) is 0 Å². The predicted molar refractivity (Wildman–Crippen MR) is 79.0 cm³/mol. The van der Waals surface area contributed by atoms with Crippen LogP contribution in [-0.2, 0) is 0 Å². The Morgan fingerprint density at radius 2 is 1.94 bits per heavy atom. The Hall–Kier alpha value is -0.340. The minimum atomic E-state index is 0.582. The van der Waals surface area contributed by atoms with Gasteiger partial charge in [-0.15, -0.1) is 11.3 Å². The van der Waals surface area contributed by atoms with Gasteiger partial charge in [-0.05, 0) is 44.9 Å². The minimum Gasteiger partial charge on any atom is -0.309 e. The van der Waals surface area contributed by atoms with E-state index in [9.17, 15) is 0 Å². The van der Waals surface area contributed by atoms with Crippen molar-refractivity contribution in [2.75, 3.05) is 6.54 Å². The van der Waals surface area contributed by atoms with E-state index in [1.807, 2.05) is 11.3 Å². The second-order valence-corrected chi connectivity index (χ2v) is 6.18. The van der Waals surface area contributed by atoms with Crippen LogP contribution in [0.15, 0.2) is 6.07 Å². The van der Waals surface area contributed by atoms with Gasteiger partial charge in [0, 0.05) is 15.8 Å². The molecule has 17 heavy (non-hydrogen) atoms. The molecule has 98 valence electrons. The van der Waals surface area contributed by atoms with Crippen molar-refractivity contribution in [2.45, 2.75) is 65.8 Å². The maximum Gasteiger partial charge on any atom is 0.0414 e. The van der Waals surface area contributed by atoms with Crippen molar-refractivity contribution in [2.24, 2.45) is 0 Å². The molecule has 1 aromatic rings. The first-order valence-electron chi connectivity index (χ1n) is 6.99. The van der Waals surface area contributed by atoms with Gasteiger partial charge in [0.05, 0.1) is 0 Å². The first-order chi connectivity index (χ1) is 8.19. The van der Waals surface area contributed by atoms with Gasteiger partial charge in [-0.3, -0.25) is 0 Å². The zero-order valence-electron chi connectivity index (χ0n) is 11.8. The summed E-state index contributed by atoms with van der Waals surface area (Å²) in [6.45, 7) is 10.1. The maximum absolute atomic E-state index is 3.70. The molecule has 0 saturated carbocycles. The molecule has 1 N–H and O–H groups in total. The molecule has 0 aliphatic rings. The Bertz CT molecular complexity index is 297. The van der Waals surface area contributed by atoms with Gasteiger partial charge < -0.3 is 5.32 Å². The highest BCUT2D eigenvalue weighted by Gasteiger charge is 2.13. The number of nitrogens with one attached hydrogen (secondary N) is 1. The summed E-state index contributed by atoms with van der Waals surface area (Å²) in [7, 11) is 0. The van der Waals surface area contributed by atoms with Gasteiger partial charge in [0.2, 0.25) is 0 Å². The standard InChI is InChI=1S/C15H27NS/c1-5-7-8-9-14(16-10-6-2)15-11-12(3)13(4)17-15/h11,14,16H,5-10H2,1-4H3. The van der Waals surface area contributed by atoms with Crippen molar-refractivity contribution in [3.8, 4) is 0 Å². The molecule has 1 atom stereocenters. The highest BCUT2D eigenvalue weighted by molar-refractivity contribution is 7.12. The van der Waals surface area contributed by atoms with Gasteiger partial charge >= 0.3 is 0 Å². The average Bonchev–Trinajstić information content (AvgIpc) is 2.64. The van der Waals surface area contributed by atoms with E-state index in [0.29, 0.717) is 6.04 Å². The second-order valence-electron chi connectivity index (χ2n) is 4.89. The summed E-state index contributed by atoms with van der Waals surface area (Å²) in [5.41, 5.74) is 1.45. The van der Waals surface area contributed by atoms with Crippen LogP contribution in [-0.4, -0.2) is 6.54 Å². The normalized spacial score (nSPS) is 12.9. The fourth-order valence-electron chi connectivity index (χ4n) is 2.04. The highest BCUT2D eigenvalue weighted by Crippen LogP contribution is 2.29. The smallest absolute Gasteiger partial charge is 0.0414 e. The van der Waals surface area contributed by atoms with Crippen LogP contribution in [0, 0.1) is 13.8 Å². The van der Waals surface area contributed by atoms with Crippen LogP contribution >= 0.6 is 11.3 Å². The number of unbranched alkanes of at least 4 members (excludes halogenated alkanes) is 2. The van der Waals surface area contributed by atoms with Crippen molar-refractivity contribution < 1.29 is 0 Å². The SMILES string of the molecule is CCCCCC(NCCC)c1cc(C)c(C)s1. The molecule has 0 aliphatic carbocycles. The van der Waals surface area contributed by atoms with Gasteiger partial charge in [-0.2, -0.15) is 0 Å². The van der Waals surface area contributed by atoms with Gasteiger partial charge in [0.15, 0.2) is 0 Å².